The highest BCUT2D eigenvalue weighted by Gasteiger charge is 1.99. The van der Waals surface area contributed by atoms with Crippen molar-refractivity contribution >= 4 is 14.4 Å². The SMILES string of the molecule is CC(C)CCCCN(C)C(N)=P. The van der Waals surface area contributed by atoms with Crippen molar-refractivity contribution in [1.29, 1.82) is 0 Å². The lowest BCUT2D eigenvalue weighted by atomic mass is 10.1. The van der Waals surface area contributed by atoms with Crippen LogP contribution in [0.2, 0.25) is 0 Å². The number of rotatable bonds is 6. The molecule has 0 aliphatic rings. The van der Waals surface area contributed by atoms with Crippen molar-refractivity contribution in [2.45, 2.75) is 33.1 Å². The lowest BCUT2D eigenvalue weighted by Gasteiger charge is -2.14. The molecule has 0 aromatic carbocycles. The third kappa shape index (κ3) is 6.78. The number of nitrogens with zero attached hydrogens (tertiary/aromatic N) is 1. The fourth-order valence-corrected chi connectivity index (χ4v) is 1.13. The van der Waals surface area contributed by atoms with Gasteiger partial charge in [0.2, 0.25) is 0 Å². The zero-order valence-corrected chi connectivity index (χ0v) is 9.43. The van der Waals surface area contributed by atoms with Crippen molar-refractivity contribution < 1.29 is 0 Å². The Bertz CT molecular complexity index is 134. The molecule has 2 nitrogen and oxygen atoms in total. The molecule has 2 N–H and O–H groups in total. The number of unbranched alkanes of at least 4 members (excludes halogenated alkanes) is 1. The van der Waals surface area contributed by atoms with E-state index in [2.05, 4.69) is 22.7 Å². The molecular weight excluding hydrogens is 167 g/mol. The monoisotopic (exact) mass is 188 g/mol. The van der Waals surface area contributed by atoms with E-state index >= 15 is 0 Å². The Balaban J connectivity index is 3.25. The fourth-order valence-electron chi connectivity index (χ4n) is 1.02. The minimum absolute atomic E-state index is 0.722. The molecular formula is C9H21N2P. The molecule has 0 aromatic heterocycles. The van der Waals surface area contributed by atoms with Crippen LogP contribution in [0.5, 0.6) is 0 Å². The molecule has 0 atom stereocenters. The highest BCUT2D eigenvalue weighted by atomic mass is 31.0. The van der Waals surface area contributed by atoms with Gasteiger partial charge in [-0.2, -0.15) is 0 Å². The van der Waals surface area contributed by atoms with Crippen molar-refractivity contribution in [3.8, 4) is 0 Å². The summed E-state index contributed by atoms with van der Waals surface area (Å²) in [6.07, 6.45) is 3.83. The molecule has 0 aromatic rings. The molecule has 0 aliphatic heterocycles. The van der Waals surface area contributed by atoms with Gasteiger partial charge in [0.25, 0.3) is 0 Å². The first-order valence-electron chi connectivity index (χ1n) is 4.59. The minimum atomic E-state index is 0.722. The van der Waals surface area contributed by atoms with Crippen LogP contribution in [0.25, 0.3) is 0 Å². The Morgan fingerprint density at radius 3 is 2.42 bits per heavy atom. The first-order chi connectivity index (χ1) is 5.54. The van der Waals surface area contributed by atoms with Crippen molar-refractivity contribution in [2.75, 3.05) is 13.6 Å². The Hall–Kier alpha value is 0.0900. The van der Waals surface area contributed by atoms with Crippen LogP contribution < -0.4 is 5.73 Å². The normalized spacial score (nSPS) is 11.2. The van der Waals surface area contributed by atoms with Crippen LogP contribution in [0, 0.1) is 5.92 Å². The minimum Gasteiger partial charge on any atom is -0.290 e. The topological polar surface area (TPSA) is 29.3 Å². The highest BCUT2D eigenvalue weighted by Crippen LogP contribution is 2.06. The van der Waals surface area contributed by atoms with Crippen LogP contribution in [0.1, 0.15) is 33.1 Å². The van der Waals surface area contributed by atoms with Crippen molar-refractivity contribution in [3.05, 3.63) is 0 Å². The maximum atomic E-state index is 5.53. The molecule has 0 fully saturated rings. The molecule has 0 radical (unpaired) electrons. The van der Waals surface area contributed by atoms with Gasteiger partial charge in [-0.05, 0) is 19.4 Å². The first kappa shape index (κ1) is 12.1. The molecule has 0 aliphatic carbocycles. The summed E-state index contributed by atoms with van der Waals surface area (Å²) in [4.78, 5) is 2.03. The molecule has 0 amide bonds. The molecule has 0 saturated heterocycles. The Morgan fingerprint density at radius 2 is 2.00 bits per heavy atom. The average Bonchev–Trinajstić information content (AvgIpc) is 1.97. The van der Waals surface area contributed by atoms with Gasteiger partial charge in [-0.15, -0.1) is 0 Å². The van der Waals surface area contributed by atoms with Crippen LogP contribution in [-0.2, 0) is 0 Å². The molecule has 0 spiro atoms. The van der Waals surface area contributed by atoms with Gasteiger partial charge < -0.3 is 0 Å². The molecule has 0 rings (SSSR count). The van der Waals surface area contributed by atoms with E-state index in [-0.39, 0.29) is 0 Å². The van der Waals surface area contributed by atoms with Crippen molar-refractivity contribution in [2.24, 2.45) is 11.7 Å². The predicted molar refractivity (Wildman–Crippen MR) is 58.8 cm³/mol. The summed E-state index contributed by atoms with van der Waals surface area (Å²) in [7, 11) is 5.29. The molecule has 0 saturated carbocycles. The molecule has 3 heteroatoms. The van der Waals surface area contributed by atoms with Gasteiger partial charge in [-0.3, -0.25) is 10.6 Å². The zero-order chi connectivity index (χ0) is 9.56. The van der Waals surface area contributed by atoms with Gasteiger partial charge in [0.1, 0.15) is 0 Å². The van der Waals surface area contributed by atoms with Crippen LogP contribution in [-0.4, -0.2) is 24.0 Å². The van der Waals surface area contributed by atoms with Crippen molar-refractivity contribution in [3.63, 3.8) is 0 Å². The average molecular weight is 188 g/mol. The summed E-state index contributed by atoms with van der Waals surface area (Å²) in [5, 5.41) is 0. The molecule has 72 valence electrons. The summed E-state index contributed by atoms with van der Waals surface area (Å²) in [6, 6.07) is 0. The van der Waals surface area contributed by atoms with Gasteiger partial charge in [0.05, 0.1) is 5.54 Å². The van der Waals surface area contributed by atoms with E-state index in [1.54, 1.807) is 0 Å². The van der Waals surface area contributed by atoms with E-state index in [1.807, 2.05) is 11.9 Å². The maximum absolute atomic E-state index is 5.53. The zero-order valence-electron chi connectivity index (χ0n) is 8.43. The van der Waals surface area contributed by atoms with Gasteiger partial charge in [0, 0.05) is 6.54 Å². The van der Waals surface area contributed by atoms with Gasteiger partial charge >= 0.3 is 0 Å². The summed E-state index contributed by atoms with van der Waals surface area (Å²) < 4.78 is 0. The van der Waals surface area contributed by atoms with Gasteiger partial charge in [-0.25, -0.2) is 0 Å². The standard InChI is InChI=1S/C9H21N2P/c1-8(2)6-4-5-7-11(3)9(10)12/h8,12H,4-7,10H2,1-3H3. The second kappa shape index (κ2) is 6.59. The third-order valence-electron chi connectivity index (χ3n) is 1.94. The van der Waals surface area contributed by atoms with Gasteiger partial charge in [0.15, 0.2) is 0 Å². The Labute approximate surface area is 78.3 Å². The van der Waals surface area contributed by atoms with Crippen LogP contribution >= 0.6 is 8.86 Å². The van der Waals surface area contributed by atoms with E-state index in [9.17, 15) is 0 Å². The van der Waals surface area contributed by atoms with Crippen molar-refractivity contribution in [1.82, 2.24) is 4.90 Å². The van der Waals surface area contributed by atoms with E-state index in [1.165, 1.54) is 19.3 Å². The summed E-state index contributed by atoms with van der Waals surface area (Å²) >= 11 is 0. The molecule has 0 unspecified atom stereocenters. The Morgan fingerprint density at radius 1 is 1.42 bits per heavy atom. The Kier molecular flexibility index (Phi) is 6.64. The first-order valence-corrected chi connectivity index (χ1v) is 5.09. The second-order valence-electron chi connectivity index (χ2n) is 3.70. The smallest absolute Gasteiger partial charge is 0.0774 e. The lowest BCUT2D eigenvalue weighted by molar-refractivity contribution is 0.452. The summed E-state index contributed by atoms with van der Waals surface area (Å²) in [5.41, 5.74) is 6.26. The van der Waals surface area contributed by atoms with E-state index in [0.717, 1.165) is 18.0 Å². The number of hydrogen-bond acceptors (Lipinski definition) is 0. The number of nitrogens with two attached hydrogens (primary N) is 1. The van der Waals surface area contributed by atoms with Crippen LogP contribution in [0.4, 0.5) is 0 Å². The molecule has 12 heavy (non-hydrogen) atoms. The highest BCUT2D eigenvalue weighted by molar-refractivity contribution is 7.20. The third-order valence-corrected chi connectivity index (χ3v) is 2.32. The second-order valence-corrected chi connectivity index (χ2v) is 4.21. The van der Waals surface area contributed by atoms with Crippen LogP contribution in [0.3, 0.4) is 0 Å². The lowest BCUT2D eigenvalue weighted by Crippen LogP contribution is -2.32. The largest absolute Gasteiger partial charge is 0.290 e. The fraction of sp³-hybridized carbons (Fsp3) is 0.889. The molecule has 0 bridgehead atoms. The summed E-state index contributed by atoms with van der Waals surface area (Å²) in [5.74, 6) is 0.820. The predicted octanol–water partition coefficient (Wildman–Crippen LogP) is 1.93. The number of hydrogen-bond donors (Lipinski definition) is 1. The summed E-state index contributed by atoms with van der Waals surface area (Å²) in [6.45, 7) is 5.56. The van der Waals surface area contributed by atoms with E-state index in [4.69, 9.17) is 5.73 Å². The van der Waals surface area contributed by atoms with E-state index in [0.29, 0.717) is 0 Å². The van der Waals surface area contributed by atoms with Crippen LogP contribution in [0.15, 0.2) is 0 Å². The quantitative estimate of drug-likeness (QED) is 0.510. The molecule has 0 heterocycles. The van der Waals surface area contributed by atoms with E-state index < -0.39 is 0 Å². The van der Waals surface area contributed by atoms with Gasteiger partial charge in [-0.1, -0.05) is 35.6 Å². The maximum Gasteiger partial charge on any atom is 0.0774 e.